The van der Waals surface area contributed by atoms with Crippen molar-refractivity contribution < 1.29 is 4.39 Å². The first kappa shape index (κ1) is 13.5. The Morgan fingerprint density at radius 2 is 2.11 bits per heavy atom. The maximum Gasteiger partial charge on any atom is 0.123 e. The molecule has 0 amide bonds. The molecular weight excluding hydrogens is 229 g/mol. The van der Waals surface area contributed by atoms with Crippen molar-refractivity contribution in [3.8, 4) is 0 Å². The number of hydrogen-bond donors (Lipinski definition) is 2. The lowest BCUT2D eigenvalue weighted by molar-refractivity contribution is 0.237. The van der Waals surface area contributed by atoms with Crippen molar-refractivity contribution >= 4 is 0 Å². The van der Waals surface area contributed by atoms with Gasteiger partial charge in [-0.15, -0.1) is 0 Å². The molecular formula is C14H22FN3. The van der Waals surface area contributed by atoms with E-state index in [-0.39, 0.29) is 5.82 Å². The third-order valence-electron chi connectivity index (χ3n) is 3.26. The van der Waals surface area contributed by atoms with E-state index < -0.39 is 0 Å². The topological polar surface area (TPSA) is 27.3 Å². The van der Waals surface area contributed by atoms with Crippen LogP contribution in [0.1, 0.15) is 12.0 Å². The summed E-state index contributed by atoms with van der Waals surface area (Å²) in [6, 6.07) is 6.77. The summed E-state index contributed by atoms with van der Waals surface area (Å²) in [6.45, 7) is 7.42. The van der Waals surface area contributed by atoms with Crippen LogP contribution < -0.4 is 10.6 Å². The van der Waals surface area contributed by atoms with Crippen LogP contribution in [0.25, 0.3) is 0 Å². The van der Waals surface area contributed by atoms with Crippen LogP contribution in [0.2, 0.25) is 0 Å². The first-order valence-electron chi connectivity index (χ1n) is 6.73. The van der Waals surface area contributed by atoms with Crippen LogP contribution in [0.4, 0.5) is 4.39 Å². The lowest BCUT2D eigenvalue weighted by Crippen LogP contribution is -2.44. The predicted molar refractivity (Wildman–Crippen MR) is 72.0 cm³/mol. The van der Waals surface area contributed by atoms with Crippen LogP contribution in [0.3, 0.4) is 0 Å². The van der Waals surface area contributed by atoms with E-state index in [0.29, 0.717) is 0 Å². The van der Waals surface area contributed by atoms with E-state index in [1.54, 1.807) is 12.1 Å². The van der Waals surface area contributed by atoms with Crippen LogP contribution in [0, 0.1) is 5.82 Å². The second kappa shape index (κ2) is 7.46. The highest BCUT2D eigenvalue weighted by Gasteiger charge is 2.07. The Labute approximate surface area is 108 Å². The van der Waals surface area contributed by atoms with E-state index in [9.17, 15) is 4.39 Å². The highest BCUT2D eigenvalue weighted by atomic mass is 19.1. The van der Waals surface area contributed by atoms with E-state index in [0.717, 1.165) is 57.8 Å². The smallest absolute Gasteiger partial charge is 0.123 e. The molecule has 0 saturated carbocycles. The lowest BCUT2D eigenvalue weighted by atomic mass is 10.2. The van der Waals surface area contributed by atoms with Gasteiger partial charge in [0, 0.05) is 32.7 Å². The quantitative estimate of drug-likeness (QED) is 0.744. The SMILES string of the molecule is Fc1cccc(CNCCCN2CCNCC2)c1. The third-order valence-corrected chi connectivity index (χ3v) is 3.26. The van der Waals surface area contributed by atoms with Crippen molar-refractivity contribution in [2.24, 2.45) is 0 Å². The summed E-state index contributed by atoms with van der Waals surface area (Å²) in [5, 5.41) is 6.71. The minimum absolute atomic E-state index is 0.157. The van der Waals surface area contributed by atoms with Gasteiger partial charge in [0.05, 0.1) is 0 Å². The molecule has 2 rings (SSSR count). The highest BCUT2D eigenvalue weighted by molar-refractivity contribution is 5.15. The number of benzene rings is 1. The number of piperazine rings is 1. The van der Waals surface area contributed by atoms with Crippen LogP contribution in [0.15, 0.2) is 24.3 Å². The Balaban J connectivity index is 1.55. The zero-order chi connectivity index (χ0) is 12.6. The van der Waals surface area contributed by atoms with Gasteiger partial charge in [0.25, 0.3) is 0 Å². The average molecular weight is 251 g/mol. The van der Waals surface area contributed by atoms with E-state index in [4.69, 9.17) is 0 Å². The monoisotopic (exact) mass is 251 g/mol. The van der Waals surface area contributed by atoms with Crippen LogP contribution in [-0.2, 0) is 6.54 Å². The summed E-state index contributed by atoms with van der Waals surface area (Å²) in [4.78, 5) is 2.49. The van der Waals surface area contributed by atoms with Crippen LogP contribution in [0.5, 0.6) is 0 Å². The van der Waals surface area contributed by atoms with Gasteiger partial charge in [0.15, 0.2) is 0 Å². The van der Waals surface area contributed by atoms with Gasteiger partial charge in [-0.2, -0.15) is 0 Å². The van der Waals surface area contributed by atoms with E-state index >= 15 is 0 Å². The Kier molecular flexibility index (Phi) is 5.58. The number of rotatable bonds is 6. The first-order chi connectivity index (χ1) is 8.84. The Morgan fingerprint density at radius 1 is 1.28 bits per heavy atom. The molecule has 0 spiro atoms. The summed E-state index contributed by atoms with van der Waals surface area (Å²) >= 11 is 0. The van der Waals surface area contributed by atoms with Crippen molar-refractivity contribution in [2.45, 2.75) is 13.0 Å². The average Bonchev–Trinajstić information content (AvgIpc) is 2.40. The molecule has 100 valence electrons. The van der Waals surface area contributed by atoms with Crippen LogP contribution in [-0.4, -0.2) is 44.2 Å². The van der Waals surface area contributed by atoms with Gasteiger partial charge in [-0.1, -0.05) is 12.1 Å². The Bertz CT molecular complexity index is 351. The number of nitrogens with one attached hydrogen (secondary N) is 2. The van der Waals surface area contributed by atoms with Gasteiger partial charge >= 0.3 is 0 Å². The Hall–Kier alpha value is -0.970. The zero-order valence-corrected chi connectivity index (χ0v) is 10.8. The summed E-state index contributed by atoms with van der Waals surface area (Å²) < 4.78 is 12.9. The van der Waals surface area contributed by atoms with Crippen LogP contribution >= 0.6 is 0 Å². The Morgan fingerprint density at radius 3 is 2.89 bits per heavy atom. The predicted octanol–water partition coefficient (Wildman–Crippen LogP) is 1.21. The molecule has 3 nitrogen and oxygen atoms in total. The largest absolute Gasteiger partial charge is 0.314 e. The summed E-state index contributed by atoms with van der Waals surface area (Å²) in [5.41, 5.74) is 1.01. The maximum absolute atomic E-state index is 12.9. The van der Waals surface area contributed by atoms with E-state index in [2.05, 4.69) is 15.5 Å². The maximum atomic E-state index is 12.9. The van der Waals surface area contributed by atoms with E-state index in [1.807, 2.05) is 6.07 Å². The van der Waals surface area contributed by atoms with Crippen molar-refractivity contribution in [1.29, 1.82) is 0 Å². The van der Waals surface area contributed by atoms with Crippen molar-refractivity contribution in [2.75, 3.05) is 39.3 Å². The standard InChI is InChI=1S/C14H22FN3/c15-14-4-1-3-13(11-14)12-17-5-2-8-18-9-6-16-7-10-18/h1,3-4,11,16-17H,2,5-10,12H2. The van der Waals surface area contributed by atoms with Gasteiger partial charge in [-0.3, -0.25) is 0 Å². The van der Waals surface area contributed by atoms with E-state index in [1.165, 1.54) is 6.07 Å². The second-order valence-electron chi connectivity index (χ2n) is 4.75. The normalized spacial score (nSPS) is 16.9. The molecule has 1 saturated heterocycles. The summed E-state index contributed by atoms with van der Waals surface area (Å²) in [6.07, 6.45) is 1.15. The molecule has 0 aliphatic carbocycles. The number of halogens is 1. The molecule has 1 aliphatic heterocycles. The molecule has 1 aliphatic rings. The van der Waals surface area contributed by atoms with Gasteiger partial charge < -0.3 is 15.5 Å². The van der Waals surface area contributed by atoms with Crippen molar-refractivity contribution in [1.82, 2.24) is 15.5 Å². The number of hydrogen-bond acceptors (Lipinski definition) is 3. The van der Waals surface area contributed by atoms with Gasteiger partial charge in [0.2, 0.25) is 0 Å². The molecule has 1 aromatic carbocycles. The van der Waals surface area contributed by atoms with Crippen molar-refractivity contribution in [3.63, 3.8) is 0 Å². The minimum Gasteiger partial charge on any atom is -0.314 e. The molecule has 18 heavy (non-hydrogen) atoms. The second-order valence-corrected chi connectivity index (χ2v) is 4.75. The fraction of sp³-hybridized carbons (Fsp3) is 0.571. The molecule has 0 aromatic heterocycles. The summed E-state index contributed by atoms with van der Waals surface area (Å²) in [7, 11) is 0. The molecule has 0 bridgehead atoms. The summed E-state index contributed by atoms with van der Waals surface area (Å²) in [5.74, 6) is -0.157. The zero-order valence-electron chi connectivity index (χ0n) is 10.8. The minimum atomic E-state index is -0.157. The first-order valence-corrected chi connectivity index (χ1v) is 6.73. The van der Waals surface area contributed by atoms with Gasteiger partial charge in [-0.25, -0.2) is 4.39 Å². The number of nitrogens with zero attached hydrogens (tertiary/aromatic N) is 1. The van der Waals surface area contributed by atoms with Gasteiger partial charge in [0.1, 0.15) is 5.82 Å². The molecule has 0 radical (unpaired) electrons. The fourth-order valence-electron chi connectivity index (χ4n) is 2.24. The molecule has 1 aromatic rings. The molecule has 4 heteroatoms. The molecule has 0 atom stereocenters. The molecule has 1 fully saturated rings. The molecule has 0 unspecified atom stereocenters. The highest BCUT2D eigenvalue weighted by Crippen LogP contribution is 2.02. The molecule has 1 heterocycles. The lowest BCUT2D eigenvalue weighted by Gasteiger charge is -2.27. The van der Waals surface area contributed by atoms with Gasteiger partial charge in [-0.05, 0) is 37.2 Å². The molecule has 2 N–H and O–H groups in total. The third kappa shape index (κ3) is 4.72. The fourth-order valence-corrected chi connectivity index (χ4v) is 2.24. The van der Waals surface area contributed by atoms with Crippen molar-refractivity contribution in [3.05, 3.63) is 35.6 Å².